The maximum atomic E-state index is 12.9. The van der Waals surface area contributed by atoms with Gasteiger partial charge in [0.2, 0.25) is 0 Å². The molecule has 4 aromatic heterocycles. The lowest BCUT2D eigenvalue weighted by molar-refractivity contribution is 0.0365. The molecule has 18 heteroatoms. The highest BCUT2D eigenvalue weighted by molar-refractivity contribution is 6.00. The van der Waals surface area contributed by atoms with Crippen molar-refractivity contribution >= 4 is 58.3 Å². The Balaban J connectivity index is 0.000000167. The highest BCUT2D eigenvalue weighted by Gasteiger charge is 2.43. The Morgan fingerprint density at radius 3 is 1.26 bits per heavy atom. The third kappa shape index (κ3) is 12.3. The average molecular weight is 1260 g/mol. The molecule has 4 aliphatic rings. The number of carbonyl (C=O) groups is 3. The van der Waals surface area contributed by atoms with Crippen LogP contribution >= 0.6 is 0 Å². The topological polar surface area (TPSA) is 229 Å². The molecule has 0 radical (unpaired) electrons. The van der Waals surface area contributed by atoms with E-state index in [2.05, 4.69) is 108 Å². The first-order valence-electron chi connectivity index (χ1n) is 32.1. The number of fused-ring (bicyclic) bond motifs is 10. The molecule has 2 aliphatic carbocycles. The summed E-state index contributed by atoms with van der Waals surface area (Å²) in [5.74, 6) is 3.07. The molecule has 0 atom stereocenters. The van der Waals surface area contributed by atoms with Crippen LogP contribution in [0.1, 0.15) is 91.2 Å². The van der Waals surface area contributed by atoms with Crippen LogP contribution in [0.15, 0.2) is 213 Å². The van der Waals surface area contributed by atoms with E-state index in [0.29, 0.717) is 17.1 Å². The molecular formula is C77H73N13O5. The summed E-state index contributed by atoms with van der Waals surface area (Å²) in [6, 6.07) is 65.6. The van der Waals surface area contributed by atoms with Crippen LogP contribution in [-0.2, 0) is 20.6 Å². The monoisotopic (exact) mass is 1260 g/mol. The second-order valence-electron chi connectivity index (χ2n) is 26.4. The highest BCUT2D eigenvalue weighted by Crippen LogP contribution is 2.49. The summed E-state index contributed by atoms with van der Waals surface area (Å²) in [6.45, 7) is 11.2. The number of benzene rings is 7. The Morgan fingerprint density at radius 2 is 0.853 bits per heavy atom. The van der Waals surface area contributed by atoms with Gasteiger partial charge >= 0.3 is 18.2 Å². The Labute approximate surface area is 551 Å². The van der Waals surface area contributed by atoms with E-state index >= 15 is 0 Å². The number of hydrogen-bond acceptors (Lipinski definition) is 12. The number of nitrogen functional groups attached to an aromatic ring is 1. The van der Waals surface area contributed by atoms with Gasteiger partial charge in [-0.15, -0.1) is 0 Å². The predicted octanol–water partition coefficient (Wildman–Crippen LogP) is 17.7. The van der Waals surface area contributed by atoms with E-state index in [1.165, 1.54) is 0 Å². The van der Waals surface area contributed by atoms with Gasteiger partial charge in [0.1, 0.15) is 22.9 Å². The number of rotatable bonds is 10. The van der Waals surface area contributed by atoms with Crippen molar-refractivity contribution in [2.75, 3.05) is 27.0 Å². The summed E-state index contributed by atoms with van der Waals surface area (Å²) in [6.07, 6.45) is 8.25. The quantitative estimate of drug-likeness (QED) is 0.0635. The molecule has 2 aliphatic heterocycles. The number of amides is 4. The number of hydrogen-bond donors (Lipinski definition) is 7. The molecule has 0 bridgehead atoms. The molecule has 2 saturated carbocycles. The number of ether oxygens (including phenoxy) is 2. The van der Waals surface area contributed by atoms with Gasteiger partial charge in [0.25, 0.3) is 0 Å². The second-order valence-corrected chi connectivity index (χ2v) is 26.4. The molecule has 15 rings (SSSR count). The standard InChI is InChI=1S/C42H39N7O3.C35H34N6O2/c1-41(2,3)52-40(51)48-42(24-10-25-42)29-20-16-28(17-21-29)36-35(27-18-22-31(23-19-27)45-39(50)44-30-11-5-4-6-12-30)47-38-32-13-7-8-14-33(32)46-37-34(49(36)38)15-9-26-43-37;1-34(2,3)43-33(42)40-35(19-7-20-35)24-15-11-23(12-16-24)30-29(22-13-17-25(36)18-14-22)39-32-26-8-4-5-9-27(26)38-31-28(41(30)32)10-6-21-37-31/h4-9,11-23,26H,10,24-25H2,1-3H3,(H,43,46)(H,48,51)(H2,44,45,50);4-6,8-18,21H,7,19-20,36H2,1-3H3,(H,37,38)(H,40,42). The number of anilines is 7. The number of nitrogens with one attached hydrogen (secondary N) is 6. The lowest BCUT2D eigenvalue weighted by Crippen LogP contribution is -2.52. The minimum atomic E-state index is -0.587. The largest absolute Gasteiger partial charge is 0.444 e. The van der Waals surface area contributed by atoms with Crippen molar-refractivity contribution < 1.29 is 23.9 Å². The Bertz CT molecular complexity index is 4700. The molecule has 2 fully saturated rings. The van der Waals surface area contributed by atoms with Gasteiger partial charge in [0.15, 0.2) is 11.6 Å². The van der Waals surface area contributed by atoms with Gasteiger partial charge in [-0.25, -0.2) is 34.3 Å². The first-order chi connectivity index (χ1) is 45.9. The maximum Gasteiger partial charge on any atom is 0.408 e. The predicted molar refractivity (Wildman–Crippen MR) is 375 cm³/mol. The minimum absolute atomic E-state index is 0.327. The van der Waals surface area contributed by atoms with E-state index in [-0.39, 0.29) is 6.03 Å². The number of alkyl carbamates (subject to hydrolysis) is 2. The molecule has 8 N–H and O–H groups in total. The van der Waals surface area contributed by atoms with Crippen LogP contribution in [0.5, 0.6) is 0 Å². The fraction of sp³-hybridized carbons (Fsp3) is 0.208. The zero-order valence-electron chi connectivity index (χ0n) is 53.8. The van der Waals surface area contributed by atoms with Crippen LogP contribution in [0, 0.1) is 0 Å². The molecule has 476 valence electrons. The van der Waals surface area contributed by atoms with Crippen molar-refractivity contribution in [2.24, 2.45) is 0 Å². The van der Waals surface area contributed by atoms with E-state index < -0.39 is 34.5 Å². The van der Waals surface area contributed by atoms with Crippen molar-refractivity contribution in [3.8, 4) is 79.2 Å². The molecule has 4 amide bonds. The van der Waals surface area contributed by atoms with Crippen molar-refractivity contribution in [1.29, 1.82) is 0 Å². The smallest absolute Gasteiger partial charge is 0.408 e. The van der Waals surface area contributed by atoms with Crippen LogP contribution < -0.4 is 37.6 Å². The molecule has 18 nitrogen and oxygen atoms in total. The summed E-state index contributed by atoms with van der Waals surface area (Å²) in [5.41, 5.74) is 20.9. The van der Waals surface area contributed by atoms with Crippen LogP contribution in [0.2, 0.25) is 0 Å². The van der Waals surface area contributed by atoms with Crippen molar-refractivity contribution in [3.05, 3.63) is 224 Å². The Morgan fingerprint density at radius 1 is 0.463 bits per heavy atom. The van der Waals surface area contributed by atoms with E-state index in [1.807, 2.05) is 175 Å². The van der Waals surface area contributed by atoms with Crippen molar-refractivity contribution in [2.45, 2.75) is 102 Å². The highest BCUT2D eigenvalue weighted by atomic mass is 16.6. The molecular weight excluding hydrogens is 1190 g/mol. The molecule has 95 heavy (non-hydrogen) atoms. The van der Waals surface area contributed by atoms with Crippen molar-refractivity contribution in [1.82, 2.24) is 39.7 Å². The van der Waals surface area contributed by atoms with Gasteiger partial charge in [-0.2, -0.15) is 0 Å². The van der Waals surface area contributed by atoms with Crippen LogP contribution in [0.4, 0.5) is 54.5 Å². The van der Waals surface area contributed by atoms with Gasteiger partial charge in [-0.1, -0.05) is 115 Å². The average Bonchev–Trinajstić information content (AvgIpc) is 1.67. The normalized spacial score (nSPS) is 14.3. The third-order valence-electron chi connectivity index (χ3n) is 17.6. The van der Waals surface area contributed by atoms with Gasteiger partial charge < -0.3 is 47.1 Å². The fourth-order valence-corrected chi connectivity index (χ4v) is 12.9. The first kappa shape index (κ1) is 61.0. The number of para-hydroxylation sites is 3. The minimum Gasteiger partial charge on any atom is -0.444 e. The number of nitrogens with two attached hydrogens (primary N) is 1. The van der Waals surface area contributed by atoms with E-state index in [9.17, 15) is 14.4 Å². The van der Waals surface area contributed by atoms with Gasteiger partial charge in [0.05, 0.1) is 56.6 Å². The fourth-order valence-electron chi connectivity index (χ4n) is 12.9. The van der Waals surface area contributed by atoms with E-state index in [0.717, 1.165) is 152 Å². The van der Waals surface area contributed by atoms with Crippen LogP contribution in [0.25, 0.3) is 79.2 Å². The molecule has 6 heterocycles. The van der Waals surface area contributed by atoms with Gasteiger partial charge in [0, 0.05) is 62.8 Å². The molecule has 0 unspecified atom stereocenters. The SMILES string of the molecule is CC(C)(C)OC(=O)NC1(c2ccc(-c3c(-c4ccc(N)cc4)nc4n3-c3cccnc3Nc3ccccc3-4)cc2)CCC1.CC(C)(C)OC(=O)NC1(c2ccc(-c3c(-c4ccc(NC(=O)Nc5ccccc5)cc4)nc4n3-c3cccnc3Nc3ccccc3-4)cc2)CCC1. The summed E-state index contributed by atoms with van der Waals surface area (Å²) in [4.78, 5) is 58.4. The first-order valence-corrected chi connectivity index (χ1v) is 32.1. The number of carbonyl (C=O) groups excluding carboxylic acids is 3. The Hall–Kier alpha value is -11.5. The zero-order chi connectivity index (χ0) is 65.6. The molecule has 11 aromatic rings. The van der Waals surface area contributed by atoms with Crippen LogP contribution in [0.3, 0.4) is 0 Å². The summed E-state index contributed by atoms with van der Waals surface area (Å²) in [7, 11) is 0. The molecule has 7 aromatic carbocycles. The lowest BCUT2D eigenvalue weighted by atomic mass is 9.71. The zero-order valence-corrected chi connectivity index (χ0v) is 53.8. The van der Waals surface area contributed by atoms with Crippen molar-refractivity contribution in [3.63, 3.8) is 0 Å². The number of aromatic nitrogens is 6. The van der Waals surface area contributed by atoms with Gasteiger partial charge in [-0.05, 0) is 176 Å². The number of urea groups is 1. The third-order valence-corrected chi connectivity index (χ3v) is 17.6. The summed E-state index contributed by atoms with van der Waals surface area (Å²) in [5, 5.41) is 19.2. The van der Waals surface area contributed by atoms with E-state index in [4.69, 9.17) is 35.1 Å². The number of pyridine rings is 2. The van der Waals surface area contributed by atoms with E-state index in [1.54, 1.807) is 12.4 Å². The summed E-state index contributed by atoms with van der Waals surface area (Å²) >= 11 is 0. The Kier molecular flexibility index (Phi) is 15.7. The lowest BCUT2D eigenvalue weighted by Gasteiger charge is -2.43. The number of imidazole rings is 2. The molecule has 0 spiro atoms. The van der Waals surface area contributed by atoms with Gasteiger partial charge in [-0.3, -0.25) is 9.13 Å². The molecule has 0 saturated heterocycles. The number of nitrogens with zero attached hydrogens (tertiary/aromatic N) is 6. The van der Waals surface area contributed by atoms with Crippen LogP contribution in [-0.4, -0.2) is 58.5 Å². The second kappa shape index (κ2) is 24.5. The maximum absolute atomic E-state index is 12.9. The summed E-state index contributed by atoms with van der Waals surface area (Å²) < 4.78 is 15.6.